The lowest BCUT2D eigenvalue weighted by molar-refractivity contribution is 0.0599. The van der Waals surface area contributed by atoms with E-state index in [2.05, 4.69) is 9.88 Å². The van der Waals surface area contributed by atoms with Gasteiger partial charge in [0, 0.05) is 36.4 Å². The van der Waals surface area contributed by atoms with Gasteiger partial charge in [-0.1, -0.05) is 19.1 Å². The normalized spacial score (nSPS) is 13.5. The zero-order valence-corrected chi connectivity index (χ0v) is 20.1. The topological polar surface area (TPSA) is 60.9 Å². The van der Waals surface area contributed by atoms with Gasteiger partial charge >= 0.3 is 5.97 Å². The van der Waals surface area contributed by atoms with Crippen LogP contribution in [0.4, 0.5) is 11.4 Å². The summed E-state index contributed by atoms with van der Waals surface area (Å²) >= 11 is 0. The Kier molecular flexibility index (Phi) is 7.68. The molecule has 1 fully saturated rings. The molecule has 178 valence electrons. The van der Waals surface area contributed by atoms with Crippen LogP contribution in [0.2, 0.25) is 0 Å². The zero-order valence-electron chi connectivity index (χ0n) is 20.1. The van der Waals surface area contributed by atoms with Crippen LogP contribution in [-0.2, 0) is 17.7 Å². The fourth-order valence-electron chi connectivity index (χ4n) is 4.46. The third-order valence-electron chi connectivity index (χ3n) is 6.31. The number of hydrogen-bond donors (Lipinski definition) is 0. The number of carbonyl (C=O) groups is 1. The Morgan fingerprint density at radius 2 is 1.79 bits per heavy atom. The van der Waals surface area contributed by atoms with Crippen LogP contribution in [0.25, 0.3) is 0 Å². The Morgan fingerprint density at radius 1 is 1.03 bits per heavy atom. The van der Waals surface area contributed by atoms with Gasteiger partial charge in [-0.3, -0.25) is 4.98 Å². The molecular weight excluding hydrogens is 428 g/mol. The molecule has 1 aliphatic carbocycles. The monoisotopic (exact) mass is 460 g/mol. The molecule has 0 radical (unpaired) electrons. The van der Waals surface area contributed by atoms with Crippen LogP contribution >= 0.6 is 0 Å². The first-order valence-corrected chi connectivity index (χ1v) is 11.8. The van der Waals surface area contributed by atoms with Crippen molar-refractivity contribution in [3.8, 4) is 11.5 Å². The summed E-state index contributed by atoms with van der Waals surface area (Å²) in [6, 6.07) is 15.9. The second-order valence-corrected chi connectivity index (χ2v) is 8.49. The SMILES string of the molecule is CCc1ccc(N(Cc2cccnc2)c2ccc(OC)c(OC3CCCC3)c2)cc1C(=O)OC. The number of benzene rings is 2. The van der Waals surface area contributed by atoms with Gasteiger partial charge in [-0.25, -0.2) is 4.79 Å². The van der Waals surface area contributed by atoms with E-state index in [4.69, 9.17) is 14.2 Å². The highest BCUT2D eigenvalue weighted by molar-refractivity contribution is 5.92. The van der Waals surface area contributed by atoms with Crippen molar-refractivity contribution >= 4 is 17.3 Å². The summed E-state index contributed by atoms with van der Waals surface area (Å²) in [7, 11) is 3.08. The molecule has 6 nitrogen and oxygen atoms in total. The minimum atomic E-state index is -0.333. The van der Waals surface area contributed by atoms with Crippen molar-refractivity contribution in [3.63, 3.8) is 0 Å². The molecule has 0 aliphatic heterocycles. The standard InChI is InChI=1S/C28H32N2O4/c1-4-21-11-12-22(16-25(21)28(31)33-3)30(19-20-8-7-15-29-18-20)23-13-14-26(32-2)27(17-23)34-24-9-5-6-10-24/h7-8,11-18,24H,4-6,9-10,19H2,1-3H3. The van der Waals surface area contributed by atoms with Crippen LogP contribution in [0.1, 0.15) is 54.1 Å². The quantitative estimate of drug-likeness (QED) is 0.360. The number of ether oxygens (including phenoxy) is 3. The Bertz CT molecular complexity index is 1110. The van der Waals surface area contributed by atoms with Crippen molar-refractivity contribution in [2.75, 3.05) is 19.1 Å². The zero-order chi connectivity index (χ0) is 23.9. The number of pyridine rings is 1. The largest absolute Gasteiger partial charge is 0.493 e. The van der Waals surface area contributed by atoms with Gasteiger partial charge in [-0.05, 0) is 73.6 Å². The highest BCUT2D eigenvalue weighted by Gasteiger charge is 2.21. The maximum absolute atomic E-state index is 12.5. The van der Waals surface area contributed by atoms with Gasteiger partial charge in [0.15, 0.2) is 11.5 Å². The molecule has 1 aromatic heterocycles. The summed E-state index contributed by atoms with van der Waals surface area (Å²) in [6.07, 6.45) is 9.09. The maximum atomic E-state index is 12.5. The van der Waals surface area contributed by atoms with E-state index in [9.17, 15) is 4.79 Å². The second kappa shape index (κ2) is 11.1. The number of esters is 1. The molecule has 0 atom stereocenters. The number of aromatic nitrogens is 1. The predicted octanol–water partition coefficient (Wildman–Crippen LogP) is 6.10. The van der Waals surface area contributed by atoms with E-state index < -0.39 is 0 Å². The smallest absolute Gasteiger partial charge is 0.338 e. The van der Waals surface area contributed by atoms with Crippen LogP contribution in [0.3, 0.4) is 0 Å². The molecule has 0 unspecified atom stereocenters. The minimum absolute atomic E-state index is 0.214. The predicted molar refractivity (Wildman–Crippen MR) is 133 cm³/mol. The van der Waals surface area contributed by atoms with E-state index in [0.717, 1.165) is 47.5 Å². The van der Waals surface area contributed by atoms with Gasteiger partial charge in [0.2, 0.25) is 0 Å². The van der Waals surface area contributed by atoms with E-state index in [0.29, 0.717) is 17.9 Å². The summed E-state index contributed by atoms with van der Waals surface area (Å²) in [4.78, 5) is 18.9. The molecule has 0 amide bonds. The van der Waals surface area contributed by atoms with E-state index in [1.165, 1.54) is 20.0 Å². The number of carbonyl (C=O) groups excluding carboxylic acids is 1. The van der Waals surface area contributed by atoms with E-state index >= 15 is 0 Å². The average molecular weight is 461 g/mol. The Morgan fingerprint density at radius 3 is 2.47 bits per heavy atom. The van der Waals surface area contributed by atoms with Gasteiger partial charge in [-0.2, -0.15) is 0 Å². The van der Waals surface area contributed by atoms with Gasteiger partial charge in [0.1, 0.15) is 0 Å². The molecule has 0 bridgehead atoms. The molecule has 34 heavy (non-hydrogen) atoms. The Labute approximate surface area is 201 Å². The van der Waals surface area contributed by atoms with Crippen molar-refractivity contribution in [2.24, 2.45) is 0 Å². The number of nitrogens with zero attached hydrogens (tertiary/aromatic N) is 2. The lowest BCUT2D eigenvalue weighted by atomic mass is 10.0. The van der Waals surface area contributed by atoms with Gasteiger partial charge in [-0.15, -0.1) is 0 Å². The molecule has 1 heterocycles. The molecular formula is C28H32N2O4. The number of aryl methyl sites for hydroxylation is 1. The first kappa shape index (κ1) is 23.6. The van der Waals surface area contributed by atoms with Crippen molar-refractivity contribution in [3.05, 3.63) is 77.6 Å². The third-order valence-corrected chi connectivity index (χ3v) is 6.31. The van der Waals surface area contributed by atoms with E-state index in [1.54, 1.807) is 13.3 Å². The van der Waals surface area contributed by atoms with Crippen LogP contribution in [0.15, 0.2) is 60.9 Å². The van der Waals surface area contributed by atoms with Crippen molar-refractivity contribution in [1.82, 2.24) is 4.98 Å². The summed E-state index contributed by atoms with van der Waals surface area (Å²) in [6.45, 7) is 2.61. The van der Waals surface area contributed by atoms with Crippen LogP contribution in [-0.4, -0.2) is 31.3 Å². The molecule has 4 rings (SSSR count). The number of anilines is 2. The van der Waals surface area contributed by atoms with E-state index in [1.807, 2.05) is 61.7 Å². The Balaban J connectivity index is 1.77. The summed E-state index contributed by atoms with van der Waals surface area (Å²) < 4.78 is 17.0. The first-order valence-electron chi connectivity index (χ1n) is 11.8. The molecule has 0 saturated heterocycles. The molecule has 0 spiro atoms. The van der Waals surface area contributed by atoms with Crippen molar-refractivity contribution in [2.45, 2.75) is 51.7 Å². The lowest BCUT2D eigenvalue weighted by Gasteiger charge is -2.27. The molecule has 0 N–H and O–H groups in total. The molecule has 6 heteroatoms. The first-order chi connectivity index (χ1) is 16.6. The average Bonchev–Trinajstić information content (AvgIpc) is 3.40. The summed E-state index contributed by atoms with van der Waals surface area (Å²) in [5.41, 5.74) is 4.42. The number of hydrogen-bond acceptors (Lipinski definition) is 6. The van der Waals surface area contributed by atoms with Crippen molar-refractivity contribution < 1.29 is 19.0 Å². The van der Waals surface area contributed by atoms with Gasteiger partial charge in [0.25, 0.3) is 0 Å². The number of methoxy groups -OCH3 is 2. The molecule has 2 aromatic carbocycles. The fourth-order valence-corrected chi connectivity index (χ4v) is 4.46. The van der Waals surface area contributed by atoms with E-state index in [-0.39, 0.29) is 12.1 Å². The molecule has 1 aliphatic rings. The second-order valence-electron chi connectivity index (χ2n) is 8.49. The lowest BCUT2D eigenvalue weighted by Crippen LogP contribution is -2.18. The minimum Gasteiger partial charge on any atom is -0.493 e. The van der Waals surface area contributed by atoms with Crippen molar-refractivity contribution in [1.29, 1.82) is 0 Å². The molecule has 3 aromatic rings. The number of rotatable bonds is 9. The maximum Gasteiger partial charge on any atom is 0.338 e. The van der Waals surface area contributed by atoms with Gasteiger partial charge < -0.3 is 19.1 Å². The summed E-state index contributed by atoms with van der Waals surface area (Å²) in [5, 5.41) is 0. The van der Waals surface area contributed by atoms with Crippen LogP contribution in [0.5, 0.6) is 11.5 Å². The van der Waals surface area contributed by atoms with Crippen LogP contribution in [0, 0.1) is 0 Å². The van der Waals surface area contributed by atoms with Gasteiger partial charge in [0.05, 0.1) is 25.9 Å². The molecule has 1 saturated carbocycles. The fraction of sp³-hybridized carbons (Fsp3) is 0.357. The highest BCUT2D eigenvalue weighted by Crippen LogP contribution is 2.38. The third kappa shape index (κ3) is 5.33. The highest BCUT2D eigenvalue weighted by atomic mass is 16.5. The summed E-state index contributed by atoms with van der Waals surface area (Å²) in [5.74, 6) is 1.12. The Hall–Kier alpha value is -3.54. The van der Waals surface area contributed by atoms with Crippen LogP contribution < -0.4 is 14.4 Å².